The van der Waals surface area contributed by atoms with Crippen molar-refractivity contribution in [1.82, 2.24) is 10.2 Å². The minimum atomic E-state index is -0.0660. The van der Waals surface area contributed by atoms with Crippen molar-refractivity contribution in [3.05, 3.63) is 28.8 Å². The molecule has 1 aromatic rings. The fourth-order valence-corrected chi connectivity index (χ4v) is 1.84. The smallest absolute Gasteiger partial charge is 0.260 e. The fraction of sp³-hybridized carbons (Fsp3) is 0.533. The Balaban J connectivity index is 2.68. The third-order valence-electron chi connectivity index (χ3n) is 3.41. The second-order valence-electron chi connectivity index (χ2n) is 5.09. The number of nitrogens with one attached hydrogen (secondary N) is 1. The van der Waals surface area contributed by atoms with E-state index in [0.29, 0.717) is 10.8 Å². The van der Waals surface area contributed by atoms with Gasteiger partial charge in [-0.2, -0.15) is 0 Å². The largest absolute Gasteiger partial charge is 0.482 e. The minimum Gasteiger partial charge on any atom is -0.482 e. The molecule has 4 nitrogen and oxygen atoms in total. The molecule has 0 aliphatic carbocycles. The molecular formula is C15H23ClN2O2. The van der Waals surface area contributed by atoms with Gasteiger partial charge in [-0.05, 0) is 45.5 Å². The maximum Gasteiger partial charge on any atom is 0.260 e. The van der Waals surface area contributed by atoms with Crippen LogP contribution in [0.4, 0.5) is 0 Å². The monoisotopic (exact) mass is 298 g/mol. The van der Waals surface area contributed by atoms with Crippen molar-refractivity contribution >= 4 is 17.5 Å². The van der Waals surface area contributed by atoms with Gasteiger partial charge in [-0.15, -0.1) is 0 Å². The summed E-state index contributed by atoms with van der Waals surface area (Å²) in [4.78, 5) is 13.5. The van der Waals surface area contributed by atoms with Crippen LogP contribution in [0.3, 0.4) is 0 Å². The summed E-state index contributed by atoms with van der Waals surface area (Å²) in [5.74, 6) is 0.466. The summed E-state index contributed by atoms with van der Waals surface area (Å²) in [6, 6.07) is 5.97. The summed E-state index contributed by atoms with van der Waals surface area (Å²) >= 11 is 6.18. The molecule has 0 fully saturated rings. The van der Waals surface area contributed by atoms with Crippen molar-refractivity contribution < 1.29 is 9.53 Å². The van der Waals surface area contributed by atoms with Crippen LogP contribution in [0.15, 0.2) is 18.2 Å². The van der Waals surface area contributed by atoms with E-state index in [1.165, 1.54) is 0 Å². The van der Waals surface area contributed by atoms with E-state index in [2.05, 4.69) is 5.32 Å². The highest BCUT2D eigenvalue weighted by atomic mass is 35.5. The van der Waals surface area contributed by atoms with E-state index in [4.69, 9.17) is 16.3 Å². The second kappa shape index (κ2) is 7.50. The highest BCUT2D eigenvalue weighted by molar-refractivity contribution is 6.32. The highest BCUT2D eigenvalue weighted by Crippen LogP contribution is 2.27. The molecule has 1 N–H and O–H groups in total. The topological polar surface area (TPSA) is 41.6 Å². The molecule has 0 aromatic heterocycles. The van der Waals surface area contributed by atoms with Gasteiger partial charge in [-0.1, -0.05) is 17.7 Å². The number of benzene rings is 1. The minimum absolute atomic E-state index is 0.00463. The average Bonchev–Trinajstić information content (AvgIpc) is 2.43. The number of carbonyl (C=O) groups excluding carboxylic acids is 1. The van der Waals surface area contributed by atoms with Crippen molar-refractivity contribution in [3.63, 3.8) is 0 Å². The Kier molecular flexibility index (Phi) is 6.30. The van der Waals surface area contributed by atoms with Crippen LogP contribution in [0.5, 0.6) is 5.75 Å². The van der Waals surface area contributed by atoms with Gasteiger partial charge < -0.3 is 15.0 Å². The van der Waals surface area contributed by atoms with Crippen LogP contribution in [0.1, 0.15) is 32.4 Å². The van der Waals surface area contributed by atoms with Crippen LogP contribution in [-0.2, 0) is 4.79 Å². The van der Waals surface area contributed by atoms with Gasteiger partial charge in [-0.3, -0.25) is 4.79 Å². The van der Waals surface area contributed by atoms with Crippen LogP contribution >= 0.6 is 11.6 Å². The zero-order valence-electron chi connectivity index (χ0n) is 12.7. The van der Waals surface area contributed by atoms with Crippen LogP contribution in [0.2, 0.25) is 5.02 Å². The molecule has 0 bridgehead atoms. The maximum atomic E-state index is 11.8. The van der Waals surface area contributed by atoms with E-state index in [1.54, 1.807) is 18.0 Å². The third-order valence-corrected chi connectivity index (χ3v) is 3.70. The van der Waals surface area contributed by atoms with Crippen molar-refractivity contribution in [2.75, 3.05) is 20.7 Å². The van der Waals surface area contributed by atoms with E-state index in [0.717, 1.165) is 5.56 Å². The first-order valence-electron chi connectivity index (χ1n) is 6.72. The lowest BCUT2D eigenvalue weighted by Crippen LogP contribution is -2.36. The van der Waals surface area contributed by atoms with Crippen LogP contribution in [-0.4, -0.2) is 37.6 Å². The predicted molar refractivity (Wildman–Crippen MR) is 82.3 cm³/mol. The Morgan fingerprint density at radius 3 is 2.55 bits per heavy atom. The highest BCUT2D eigenvalue weighted by Gasteiger charge is 2.14. The summed E-state index contributed by atoms with van der Waals surface area (Å²) in [5, 5.41) is 3.66. The Bertz CT molecular complexity index is 463. The molecule has 5 heteroatoms. The molecule has 1 aromatic carbocycles. The normalized spacial score (nSPS) is 12.3. The molecule has 0 heterocycles. The van der Waals surface area contributed by atoms with Gasteiger partial charge in [0.05, 0.1) is 5.02 Å². The summed E-state index contributed by atoms with van der Waals surface area (Å²) in [5.41, 5.74) is 1.08. The molecule has 112 valence electrons. The van der Waals surface area contributed by atoms with Gasteiger partial charge >= 0.3 is 0 Å². The Hall–Kier alpha value is -1.26. The summed E-state index contributed by atoms with van der Waals surface area (Å²) in [6.45, 7) is 5.96. The van der Waals surface area contributed by atoms with E-state index >= 15 is 0 Å². The molecule has 0 aliphatic rings. The van der Waals surface area contributed by atoms with E-state index in [-0.39, 0.29) is 24.6 Å². The number of ether oxygens (including phenoxy) is 1. The lowest BCUT2D eigenvalue weighted by Gasteiger charge is -2.21. The number of amides is 1. The number of carbonyl (C=O) groups is 1. The first-order valence-corrected chi connectivity index (χ1v) is 7.09. The number of nitrogens with zero attached hydrogens (tertiary/aromatic N) is 1. The number of halogens is 1. The molecule has 1 amide bonds. The standard InChI is InChI=1S/C15H23ClN2O2/c1-10(2)18(5)15(19)9-20-14-7-6-12(8-13(14)16)11(3)17-4/h6-8,10-11,17H,9H2,1-5H3. The molecule has 1 unspecified atom stereocenters. The number of hydrogen-bond acceptors (Lipinski definition) is 3. The molecule has 1 atom stereocenters. The van der Waals surface area contributed by atoms with Gasteiger partial charge in [0.1, 0.15) is 5.75 Å². The molecule has 20 heavy (non-hydrogen) atoms. The van der Waals surface area contributed by atoms with Gasteiger partial charge in [0.25, 0.3) is 5.91 Å². The quantitative estimate of drug-likeness (QED) is 0.878. The van der Waals surface area contributed by atoms with Crippen LogP contribution < -0.4 is 10.1 Å². The molecular weight excluding hydrogens is 276 g/mol. The number of hydrogen-bond donors (Lipinski definition) is 1. The van der Waals surface area contributed by atoms with Crippen molar-refractivity contribution in [2.24, 2.45) is 0 Å². The Morgan fingerprint density at radius 2 is 2.05 bits per heavy atom. The molecule has 0 saturated carbocycles. The van der Waals surface area contributed by atoms with Crippen LogP contribution in [0, 0.1) is 0 Å². The summed E-state index contributed by atoms with van der Waals surface area (Å²) in [7, 11) is 3.65. The molecule has 0 saturated heterocycles. The van der Waals surface area contributed by atoms with Crippen molar-refractivity contribution in [3.8, 4) is 5.75 Å². The zero-order chi connectivity index (χ0) is 15.3. The van der Waals surface area contributed by atoms with Crippen molar-refractivity contribution in [2.45, 2.75) is 32.9 Å². The molecule has 0 spiro atoms. The Morgan fingerprint density at radius 1 is 1.40 bits per heavy atom. The van der Waals surface area contributed by atoms with E-state index < -0.39 is 0 Å². The molecule has 0 radical (unpaired) electrons. The van der Waals surface area contributed by atoms with Gasteiger partial charge in [0, 0.05) is 19.1 Å². The maximum absolute atomic E-state index is 11.8. The lowest BCUT2D eigenvalue weighted by atomic mass is 10.1. The average molecular weight is 299 g/mol. The first-order chi connectivity index (χ1) is 9.36. The fourth-order valence-electron chi connectivity index (χ4n) is 1.60. The number of rotatable bonds is 6. The first kappa shape index (κ1) is 16.8. The second-order valence-corrected chi connectivity index (χ2v) is 5.49. The van der Waals surface area contributed by atoms with E-state index in [9.17, 15) is 4.79 Å². The molecule has 0 aliphatic heterocycles. The lowest BCUT2D eigenvalue weighted by molar-refractivity contribution is -0.133. The van der Waals surface area contributed by atoms with E-state index in [1.807, 2.05) is 40.0 Å². The van der Waals surface area contributed by atoms with Gasteiger partial charge in [-0.25, -0.2) is 0 Å². The summed E-state index contributed by atoms with van der Waals surface area (Å²) in [6.07, 6.45) is 0. The zero-order valence-corrected chi connectivity index (χ0v) is 13.5. The number of likely N-dealkylation sites (N-methyl/N-ethyl adjacent to an activating group) is 1. The Labute approximate surface area is 126 Å². The SMILES string of the molecule is CNC(C)c1ccc(OCC(=O)N(C)C(C)C)c(Cl)c1. The summed E-state index contributed by atoms with van der Waals surface area (Å²) < 4.78 is 5.49. The van der Waals surface area contributed by atoms with Gasteiger partial charge in [0.2, 0.25) is 0 Å². The van der Waals surface area contributed by atoms with Crippen molar-refractivity contribution in [1.29, 1.82) is 0 Å². The van der Waals surface area contributed by atoms with Crippen LogP contribution in [0.25, 0.3) is 0 Å². The predicted octanol–water partition coefficient (Wildman–Crippen LogP) is 2.87. The van der Waals surface area contributed by atoms with Gasteiger partial charge in [0.15, 0.2) is 6.61 Å². The molecule has 1 rings (SSSR count). The third kappa shape index (κ3) is 4.39.